The molecule has 1 heterocycles. The van der Waals surface area contributed by atoms with E-state index < -0.39 is 0 Å². The Bertz CT molecular complexity index is 90.7. The van der Waals surface area contributed by atoms with Gasteiger partial charge in [0.15, 0.2) is 0 Å². The quantitative estimate of drug-likeness (QED) is 0.466. The Balaban J connectivity index is 2.44. The SMILES string of the molecule is CC[NH+]1C=CC=C1. The van der Waals surface area contributed by atoms with Gasteiger partial charge in [-0.15, -0.1) is 0 Å². The Hall–Kier alpha value is -0.560. The molecule has 0 unspecified atom stereocenters. The van der Waals surface area contributed by atoms with Crippen molar-refractivity contribution in [1.29, 1.82) is 0 Å². The van der Waals surface area contributed by atoms with Crippen molar-refractivity contribution in [2.75, 3.05) is 6.54 Å². The molecule has 1 aliphatic rings. The highest BCUT2D eigenvalue weighted by molar-refractivity contribution is 5.00. The summed E-state index contributed by atoms with van der Waals surface area (Å²) in [4.78, 5) is 1.43. The van der Waals surface area contributed by atoms with E-state index in [9.17, 15) is 0 Å². The van der Waals surface area contributed by atoms with Crippen LogP contribution in [0.5, 0.6) is 0 Å². The van der Waals surface area contributed by atoms with Crippen LogP contribution in [0, 0.1) is 0 Å². The van der Waals surface area contributed by atoms with Crippen LogP contribution in [0.1, 0.15) is 6.92 Å². The van der Waals surface area contributed by atoms with E-state index in [4.69, 9.17) is 0 Å². The molecule has 0 aromatic rings. The maximum absolute atomic E-state index is 2.16. The number of quaternary nitrogens is 1. The van der Waals surface area contributed by atoms with Crippen LogP contribution in [0.4, 0.5) is 0 Å². The molecule has 0 aromatic heterocycles. The first kappa shape index (κ1) is 4.60. The fourth-order valence-electron chi connectivity index (χ4n) is 0.650. The second kappa shape index (κ2) is 1.94. The normalized spacial score (nSPS) is 19.0. The van der Waals surface area contributed by atoms with Crippen LogP contribution in [0.2, 0.25) is 0 Å². The third-order valence-corrected chi connectivity index (χ3v) is 1.14. The second-order valence-electron chi connectivity index (χ2n) is 1.65. The van der Waals surface area contributed by atoms with E-state index in [-0.39, 0.29) is 0 Å². The zero-order chi connectivity index (χ0) is 5.11. The monoisotopic (exact) mass is 96.1 g/mol. The second-order valence-corrected chi connectivity index (χ2v) is 1.65. The van der Waals surface area contributed by atoms with Gasteiger partial charge in [0, 0.05) is 0 Å². The summed E-state index contributed by atoms with van der Waals surface area (Å²) in [6.45, 7) is 3.32. The van der Waals surface area contributed by atoms with Gasteiger partial charge in [-0.25, -0.2) is 0 Å². The average molecular weight is 96.2 g/mol. The van der Waals surface area contributed by atoms with E-state index in [0.717, 1.165) is 6.54 Å². The van der Waals surface area contributed by atoms with Gasteiger partial charge in [-0.05, 0) is 19.1 Å². The Labute approximate surface area is 43.9 Å². The van der Waals surface area contributed by atoms with E-state index in [1.165, 1.54) is 4.90 Å². The van der Waals surface area contributed by atoms with Crippen molar-refractivity contribution in [2.24, 2.45) is 0 Å². The van der Waals surface area contributed by atoms with Gasteiger partial charge in [0.2, 0.25) is 0 Å². The molecule has 0 amide bonds. The highest BCUT2D eigenvalue weighted by atomic mass is 15.1. The summed E-state index contributed by atoms with van der Waals surface area (Å²) in [6, 6.07) is 0. The van der Waals surface area contributed by atoms with Crippen LogP contribution in [-0.4, -0.2) is 6.54 Å². The lowest BCUT2D eigenvalue weighted by Gasteiger charge is -1.98. The zero-order valence-electron chi connectivity index (χ0n) is 4.52. The molecule has 7 heavy (non-hydrogen) atoms. The average Bonchev–Trinajstić information content (AvgIpc) is 2.14. The largest absolute Gasteiger partial charge is 0.283 e. The fraction of sp³-hybridized carbons (Fsp3) is 0.333. The predicted octanol–water partition coefficient (Wildman–Crippen LogP) is -0.0678. The number of hydrogen-bond acceptors (Lipinski definition) is 0. The Morgan fingerprint density at radius 1 is 1.29 bits per heavy atom. The van der Waals surface area contributed by atoms with E-state index >= 15 is 0 Å². The smallest absolute Gasteiger partial charge is 0.0989 e. The molecular formula is C6H10N+. The summed E-state index contributed by atoms with van der Waals surface area (Å²) in [5.41, 5.74) is 0. The lowest BCUT2D eigenvalue weighted by Crippen LogP contribution is -3.01. The number of rotatable bonds is 1. The minimum atomic E-state index is 1.16. The van der Waals surface area contributed by atoms with Crippen LogP contribution in [-0.2, 0) is 0 Å². The van der Waals surface area contributed by atoms with Crippen molar-refractivity contribution >= 4 is 0 Å². The Morgan fingerprint density at radius 2 is 1.86 bits per heavy atom. The van der Waals surface area contributed by atoms with Crippen LogP contribution in [0.3, 0.4) is 0 Å². The van der Waals surface area contributed by atoms with Crippen LogP contribution >= 0.6 is 0 Å². The topological polar surface area (TPSA) is 4.44 Å². The highest BCUT2D eigenvalue weighted by Gasteiger charge is 1.96. The van der Waals surface area contributed by atoms with Gasteiger partial charge in [0.1, 0.15) is 0 Å². The summed E-state index contributed by atoms with van der Waals surface area (Å²) in [6.07, 6.45) is 8.41. The van der Waals surface area contributed by atoms with Crippen molar-refractivity contribution < 1.29 is 4.90 Å². The number of hydrogen-bond donors (Lipinski definition) is 1. The van der Waals surface area contributed by atoms with Gasteiger partial charge in [0.05, 0.1) is 18.9 Å². The summed E-state index contributed by atoms with van der Waals surface area (Å²) >= 11 is 0. The summed E-state index contributed by atoms with van der Waals surface area (Å²) in [7, 11) is 0. The predicted molar refractivity (Wildman–Crippen MR) is 29.8 cm³/mol. The molecule has 1 heteroatoms. The summed E-state index contributed by atoms with van der Waals surface area (Å²) < 4.78 is 0. The van der Waals surface area contributed by atoms with Crippen molar-refractivity contribution in [3.05, 3.63) is 24.6 Å². The van der Waals surface area contributed by atoms with Crippen molar-refractivity contribution in [3.8, 4) is 0 Å². The first-order valence-corrected chi connectivity index (χ1v) is 2.64. The lowest BCUT2D eigenvalue weighted by atomic mass is 10.6. The molecule has 38 valence electrons. The summed E-state index contributed by atoms with van der Waals surface area (Å²) in [5, 5.41) is 0. The zero-order valence-corrected chi connectivity index (χ0v) is 4.52. The molecule has 1 aliphatic heterocycles. The first-order chi connectivity index (χ1) is 3.43. The van der Waals surface area contributed by atoms with Gasteiger partial charge in [-0.3, -0.25) is 4.90 Å². The van der Waals surface area contributed by atoms with Crippen molar-refractivity contribution in [3.63, 3.8) is 0 Å². The number of nitrogens with one attached hydrogen (secondary N) is 1. The first-order valence-electron chi connectivity index (χ1n) is 2.64. The molecule has 0 spiro atoms. The maximum Gasteiger partial charge on any atom is 0.0989 e. The van der Waals surface area contributed by atoms with Crippen molar-refractivity contribution in [1.82, 2.24) is 0 Å². The van der Waals surface area contributed by atoms with Gasteiger partial charge in [0.25, 0.3) is 0 Å². The van der Waals surface area contributed by atoms with Gasteiger partial charge < -0.3 is 0 Å². The standard InChI is InChI=1S/C6H9N/c1-2-7-5-3-4-6-7/h3-6H,2H2,1H3/p+1. The molecule has 0 saturated heterocycles. The van der Waals surface area contributed by atoms with Gasteiger partial charge in [-0.2, -0.15) is 0 Å². The molecule has 0 fully saturated rings. The minimum Gasteiger partial charge on any atom is -0.283 e. The Kier molecular flexibility index (Phi) is 1.27. The minimum absolute atomic E-state index is 1.16. The molecule has 1 N–H and O–H groups in total. The van der Waals surface area contributed by atoms with Crippen molar-refractivity contribution in [2.45, 2.75) is 6.92 Å². The molecule has 0 bridgehead atoms. The van der Waals surface area contributed by atoms with Crippen LogP contribution < -0.4 is 4.90 Å². The molecule has 0 aromatic carbocycles. The van der Waals surface area contributed by atoms with E-state index in [1.54, 1.807) is 0 Å². The van der Waals surface area contributed by atoms with Crippen LogP contribution in [0.15, 0.2) is 24.6 Å². The molecular weight excluding hydrogens is 86.1 g/mol. The van der Waals surface area contributed by atoms with E-state index in [2.05, 4.69) is 31.5 Å². The molecule has 0 saturated carbocycles. The molecule has 0 atom stereocenters. The maximum atomic E-state index is 2.16. The molecule has 0 aliphatic carbocycles. The van der Waals surface area contributed by atoms with Crippen LogP contribution in [0.25, 0.3) is 0 Å². The lowest BCUT2D eigenvalue weighted by molar-refractivity contribution is -0.785. The third-order valence-electron chi connectivity index (χ3n) is 1.14. The van der Waals surface area contributed by atoms with Gasteiger partial charge >= 0.3 is 0 Å². The fourth-order valence-corrected chi connectivity index (χ4v) is 0.650. The number of allylic oxidation sites excluding steroid dienone is 2. The van der Waals surface area contributed by atoms with E-state index in [0.29, 0.717) is 0 Å². The molecule has 1 rings (SSSR count). The molecule has 0 radical (unpaired) electrons. The van der Waals surface area contributed by atoms with E-state index in [1.807, 2.05) is 0 Å². The Morgan fingerprint density at radius 3 is 2.14 bits per heavy atom. The molecule has 1 nitrogen and oxygen atoms in total. The van der Waals surface area contributed by atoms with Gasteiger partial charge in [-0.1, -0.05) is 0 Å². The third kappa shape index (κ3) is 0.904. The highest BCUT2D eigenvalue weighted by Crippen LogP contribution is 1.73. The summed E-state index contributed by atoms with van der Waals surface area (Å²) in [5.74, 6) is 0.